The van der Waals surface area contributed by atoms with Gasteiger partial charge >= 0.3 is 6.36 Å². The molecule has 0 saturated heterocycles. The number of ether oxygens (including phenoxy) is 2. The van der Waals surface area contributed by atoms with Crippen molar-refractivity contribution in [3.8, 4) is 5.75 Å². The van der Waals surface area contributed by atoms with E-state index >= 15 is 0 Å². The van der Waals surface area contributed by atoms with Gasteiger partial charge in [-0.05, 0) is 19.1 Å². The van der Waals surface area contributed by atoms with Gasteiger partial charge in [0.15, 0.2) is 0 Å². The van der Waals surface area contributed by atoms with E-state index in [9.17, 15) is 22.7 Å². The Morgan fingerprint density at radius 2 is 1.94 bits per heavy atom. The van der Waals surface area contributed by atoms with Crippen LogP contribution in [0, 0.1) is 5.82 Å². The molecule has 0 spiro atoms. The standard InChI is InChI=1S/C11H12F4O3/c1-7(16)9-3-2-8(12)6-10(9)17-4-5-18-11(13,14)15/h2-3,6-7,16H,4-5H2,1H3/t7-/m0/s1. The molecule has 0 aliphatic carbocycles. The van der Waals surface area contributed by atoms with E-state index in [4.69, 9.17) is 4.74 Å². The summed E-state index contributed by atoms with van der Waals surface area (Å²) in [6.45, 7) is 0.328. The normalized spacial score (nSPS) is 13.4. The van der Waals surface area contributed by atoms with Gasteiger partial charge in [0.2, 0.25) is 0 Å². The summed E-state index contributed by atoms with van der Waals surface area (Å²) in [7, 11) is 0. The largest absolute Gasteiger partial charge is 0.522 e. The van der Waals surface area contributed by atoms with Crippen molar-refractivity contribution in [2.24, 2.45) is 0 Å². The minimum Gasteiger partial charge on any atom is -0.491 e. The van der Waals surface area contributed by atoms with Crippen LogP contribution < -0.4 is 4.74 Å². The second kappa shape index (κ2) is 6.01. The molecule has 0 unspecified atom stereocenters. The zero-order valence-electron chi connectivity index (χ0n) is 9.50. The monoisotopic (exact) mass is 268 g/mol. The third-order valence-corrected chi connectivity index (χ3v) is 2.03. The SMILES string of the molecule is C[C@H](O)c1ccc(F)cc1OCCOC(F)(F)F. The molecule has 0 aromatic heterocycles. The third kappa shape index (κ3) is 4.89. The summed E-state index contributed by atoms with van der Waals surface area (Å²) in [4.78, 5) is 0. The Hall–Kier alpha value is -1.34. The summed E-state index contributed by atoms with van der Waals surface area (Å²) >= 11 is 0. The molecule has 0 saturated carbocycles. The van der Waals surface area contributed by atoms with E-state index in [1.54, 1.807) is 0 Å². The van der Waals surface area contributed by atoms with Crippen LogP contribution in [0.2, 0.25) is 0 Å². The van der Waals surface area contributed by atoms with Gasteiger partial charge in [0.05, 0.1) is 12.7 Å². The van der Waals surface area contributed by atoms with Gasteiger partial charge in [-0.3, -0.25) is 4.74 Å². The van der Waals surface area contributed by atoms with Crippen molar-refractivity contribution in [1.82, 2.24) is 0 Å². The van der Waals surface area contributed by atoms with Crippen molar-refractivity contribution >= 4 is 0 Å². The Morgan fingerprint density at radius 1 is 1.28 bits per heavy atom. The van der Waals surface area contributed by atoms with Crippen LogP contribution in [0.3, 0.4) is 0 Å². The van der Waals surface area contributed by atoms with Gasteiger partial charge in [-0.1, -0.05) is 0 Å². The first-order chi connectivity index (χ1) is 8.29. The van der Waals surface area contributed by atoms with Gasteiger partial charge in [0.1, 0.15) is 18.2 Å². The molecule has 0 heterocycles. The van der Waals surface area contributed by atoms with E-state index in [1.807, 2.05) is 0 Å². The predicted molar refractivity (Wildman–Crippen MR) is 54.5 cm³/mol. The summed E-state index contributed by atoms with van der Waals surface area (Å²) < 4.78 is 56.4. The highest BCUT2D eigenvalue weighted by molar-refractivity contribution is 5.35. The first kappa shape index (κ1) is 14.7. The van der Waals surface area contributed by atoms with Crippen molar-refractivity contribution < 1.29 is 32.1 Å². The Morgan fingerprint density at radius 3 is 2.50 bits per heavy atom. The Kier molecular flexibility index (Phi) is 4.92. The van der Waals surface area contributed by atoms with Crippen molar-refractivity contribution in [3.63, 3.8) is 0 Å². The molecule has 0 aliphatic rings. The second-order valence-corrected chi connectivity index (χ2v) is 3.50. The number of hydrogen-bond donors (Lipinski definition) is 1. The van der Waals surface area contributed by atoms with Gasteiger partial charge in [-0.2, -0.15) is 0 Å². The minimum atomic E-state index is -4.72. The van der Waals surface area contributed by atoms with E-state index in [1.165, 1.54) is 13.0 Å². The first-order valence-electron chi connectivity index (χ1n) is 5.10. The van der Waals surface area contributed by atoms with Crippen molar-refractivity contribution in [3.05, 3.63) is 29.6 Å². The van der Waals surface area contributed by atoms with Crippen molar-refractivity contribution in [1.29, 1.82) is 0 Å². The number of hydrogen-bond acceptors (Lipinski definition) is 3. The molecule has 1 aromatic rings. The number of halogens is 4. The molecule has 102 valence electrons. The Labute approximate surface area is 101 Å². The highest BCUT2D eigenvalue weighted by Gasteiger charge is 2.28. The van der Waals surface area contributed by atoms with E-state index in [2.05, 4.69) is 4.74 Å². The zero-order valence-corrected chi connectivity index (χ0v) is 9.50. The van der Waals surface area contributed by atoms with Crippen LogP contribution in [0.25, 0.3) is 0 Å². The molecule has 1 rings (SSSR count). The predicted octanol–water partition coefficient (Wildman–Crippen LogP) is 2.79. The molecular weight excluding hydrogens is 256 g/mol. The quantitative estimate of drug-likeness (QED) is 0.659. The lowest BCUT2D eigenvalue weighted by Gasteiger charge is -2.14. The van der Waals surface area contributed by atoms with E-state index in [0.717, 1.165) is 12.1 Å². The third-order valence-electron chi connectivity index (χ3n) is 2.03. The first-order valence-corrected chi connectivity index (χ1v) is 5.10. The zero-order chi connectivity index (χ0) is 13.8. The van der Waals surface area contributed by atoms with Crippen molar-refractivity contribution in [2.45, 2.75) is 19.4 Å². The van der Waals surface area contributed by atoms with Gasteiger partial charge in [-0.25, -0.2) is 4.39 Å². The number of aliphatic hydroxyl groups excluding tert-OH is 1. The van der Waals surface area contributed by atoms with Crippen LogP contribution in [-0.4, -0.2) is 24.7 Å². The average Bonchev–Trinajstić information content (AvgIpc) is 2.22. The molecule has 0 bridgehead atoms. The highest BCUT2D eigenvalue weighted by Crippen LogP contribution is 2.26. The summed E-state index contributed by atoms with van der Waals surface area (Å²) in [6.07, 6.45) is -5.64. The van der Waals surface area contributed by atoms with Crippen LogP contribution in [0.1, 0.15) is 18.6 Å². The lowest BCUT2D eigenvalue weighted by atomic mass is 10.1. The molecule has 18 heavy (non-hydrogen) atoms. The summed E-state index contributed by atoms with van der Waals surface area (Å²) in [5.74, 6) is -0.609. The van der Waals surface area contributed by atoms with Gasteiger partial charge in [0, 0.05) is 11.6 Å². The minimum absolute atomic E-state index is 0.00391. The van der Waals surface area contributed by atoms with Gasteiger partial charge in [0.25, 0.3) is 0 Å². The van der Waals surface area contributed by atoms with E-state index in [-0.39, 0.29) is 5.75 Å². The van der Waals surface area contributed by atoms with Crippen LogP contribution in [-0.2, 0) is 4.74 Å². The fraction of sp³-hybridized carbons (Fsp3) is 0.455. The maximum Gasteiger partial charge on any atom is 0.522 e. The van der Waals surface area contributed by atoms with E-state index in [0.29, 0.717) is 5.56 Å². The fourth-order valence-electron chi connectivity index (χ4n) is 1.29. The molecule has 0 amide bonds. The Bertz CT molecular complexity index is 390. The van der Waals surface area contributed by atoms with Crippen LogP contribution in [0.15, 0.2) is 18.2 Å². The molecule has 0 aliphatic heterocycles. The number of rotatable bonds is 5. The van der Waals surface area contributed by atoms with Crippen LogP contribution in [0.5, 0.6) is 5.75 Å². The number of alkyl halides is 3. The molecule has 3 nitrogen and oxygen atoms in total. The molecule has 0 radical (unpaired) electrons. The average molecular weight is 268 g/mol. The molecule has 1 aromatic carbocycles. The van der Waals surface area contributed by atoms with Gasteiger partial charge in [-0.15, -0.1) is 13.2 Å². The summed E-state index contributed by atoms with van der Waals surface area (Å²) in [5, 5.41) is 9.37. The fourth-order valence-corrected chi connectivity index (χ4v) is 1.29. The van der Waals surface area contributed by atoms with Crippen LogP contribution in [0.4, 0.5) is 17.6 Å². The second-order valence-electron chi connectivity index (χ2n) is 3.50. The Balaban J connectivity index is 2.58. The van der Waals surface area contributed by atoms with Crippen LogP contribution >= 0.6 is 0 Å². The highest BCUT2D eigenvalue weighted by atomic mass is 19.4. The summed E-state index contributed by atoms with van der Waals surface area (Å²) in [6, 6.07) is 3.43. The maximum atomic E-state index is 12.9. The molecule has 1 N–H and O–H groups in total. The molecular formula is C11H12F4O3. The van der Waals surface area contributed by atoms with Crippen molar-refractivity contribution in [2.75, 3.05) is 13.2 Å². The molecule has 0 fully saturated rings. The topological polar surface area (TPSA) is 38.7 Å². The molecule has 7 heteroatoms. The number of aliphatic hydroxyl groups is 1. The molecule has 1 atom stereocenters. The maximum absolute atomic E-state index is 12.9. The summed E-state index contributed by atoms with van der Waals surface area (Å²) in [5.41, 5.74) is 0.295. The lowest BCUT2D eigenvalue weighted by molar-refractivity contribution is -0.325. The van der Waals surface area contributed by atoms with E-state index < -0.39 is 31.5 Å². The van der Waals surface area contributed by atoms with Gasteiger partial charge < -0.3 is 9.84 Å². The number of benzene rings is 1. The smallest absolute Gasteiger partial charge is 0.491 e. The lowest BCUT2D eigenvalue weighted by Crippen LogP contribution is -2.18.